The van der Waals surface area contributed by atoms with Crippen LogP contribution < -0.4 is 11.3 Å². The van der Waals surface area contributed by atoms with Crippen molar-refractivity contribution in [2.24, 2.45) is 11.3 Å². The van der Waals surface area contributed by atoms with Crippen LogP contribution in [0.15, 0.2) is 18.2 Å². The number of hydrogen-bond donors (Lipinski definition) is 2. The van der Waals surface area contributed by atoms with E-state index in [9.17, 15) is 0 Å². The summed E-state index contributed by atoms with van der Waals surface area (Å²) in [6.07, 6.45) is 1.90. The van der Waals surface area contributed by atoms with Crippen molar-refractivity contribution >= 4 is 23.2 Å². The van der Waals surface area contributed by atoms with E-state index in [1.54, 1.807) is 0 Å². The van der Waals surface area contributed by atoms with Crippen molar-refractivity contribution in [1.29, 1.82) is 0 Å². The minimum Gasteiger partial charge on any atom is -0.271 e. The second-order valence-corrected chi connectivity index (χ2v) is 5.83. The molecule has 3 N–H and O–H groups in total. The van der Waals surface area contributed by atoms with E-state index in [-0.39, 0.29) is 11.5 Å². The number of nitrogens with one attached hydrogen (secondary N) is 1. The van der Waals surface area contributed by atoms with Gasteiger partial charge in [-0.2, -0.15) is 0 Å². The molecule has 96 valence electrons. The van der Waals surface area contributed by atoms with Crippen molar-refractivity contribution in [3.05, 3.63) is 33.8 Å². The first kappa shape index (κ1) is 14.8. The van der Waals surface area contributed by atoms with Crippen LogP contribution >= 0.6 is 23.2 Å². The number of hydrazine groups is 1. The maximum atomic E-state index is 6.01. The Morgan fingerprint density at radius 2 is 1.94 bits per heavy atom. The lowest BCUT2D eigenvalue weighted by molar-refractivity contribution is 0.231. The van der Waals surface area contributed by atoms with Crippen LogP contribution in [0.25, 0.3) is 0 Å². The molecule has 0 radical (unpaired) electrons. The standard InChI is InChI=1S/C13H20Cl2N2/c1-4-13(2,3)12(17-16)8-9-5-6-10(14)11(15)7-9/h5-7,12,17H,4,8,16H2,1-3H3. The average molecular weight is 275 g/mol. The highest BCUT2D eigenvalue weighted by Crippen LogP contribution is 2.29. The van der Waals surface area contributed by atoms with Gasteiger partial charge in [0, 0.05) is 6.04 Å². The minimum atomic E-state index is 0.140. The Hall–Kier alpha value is -0.280. The largest absolute Gasteiger partial charge is 0.271 e. The van der Waals surface area contributed by atoms with E-state index in [1.165, 1.54) is 0 Å². The van der Waals surface area contributed by atoms with Crippen LogP contribution in [-0.4, -0.2) is 6.04 Å². The molecule has 0 heterocycles. The molecule has 0 aliphatic carbocycles. The molecule has 0 spiro atoms. The lowest BCUT2D eigenvalue weighted by Crippen LogP contribution is -2.46. The van der Waals surface area contributed by atoms with Gasteiger partial charge in [0.2, 0.25) is 0 Å². The summed E-state index contributed by atoms with van der Waals surface area (Å²) in [5, 5.41) is 1.18. The van der Waals surface area contributed by atoms with Crippen LogP contribution in [0.2, 0.25) is 10.0 Å². The van der Waals surface area contributed by atoms with E-state index in [4.69, 9.17) is 29.0 Å². The van der Waals surface area contributed by atoms with Crippen LogP contribution in [0.3, 0.4) is 0 Å². The summed E-state index contributed by atoms with van der Waals surface area (Å²) in [6.45, 7) is 6.57. The zero-order valence-corrected chi connectivity index (χ0v) is 12.1. The molecule has 1 aromatic carbocycles. The summed E-state index contributed by atoms with van der Waals surface area (Å²) in [5.41, 5.74) is 4.18. The van der Waals surface area contributed by atoms with Gasteiger partial charge in [-0.15, -0.1) is 0 Å². The third-order valence-electron chi connectivity index (χ3n) is 3.48. The monoisotopic (exact) mass is 274 g/mol. The number of halogens is 2. The second kappa shape index (κ2) is 6.05. The minimum absolute atomic E-state index is 0.140. The van der Waals surface area contributed by atoms with Crippen molar-refractivity contribution in [3.8, 4) is 0 Å². The first-order valence-electron chi connectivity index (χ1n) is 5.80. The third kappa shape index (κ3) is 3.85. The first-order valence-corrected chi connectivity index (χ1v) is 6.56. The SMILES string of the molecule is CCC(C)(C)C(Cc1ccc(Cl)c(Cl)c1)NN. The van der Waals surface area contributed by atoms with Gasteiger partial charge in [-0.1, -0.05) is 50.0 Å². The van der Waals surface area contributed by atoms with Crippen LogP contribution in [-0.2, 0) is 6.42 Å². The lowest BCUT2D eigenvalue weighted by Gasteiger charge is -2.33. The second-order valence-electron chi connectivity index (χ2n) is 5.01. The fourth-order valence-corrected chi connectivity index (χ4v) is 2.03. The molecule has 0 aliphatic rings. The number of rotatable bonds is 5. The smallest absolute Gasteiger partial charge is 0.0595 e. The van der Waals surface area contributed by atoms with Crippen LogP contribution in [0.1, 0.15) is 32.8 Å². The summed E-state index contributed by atoms with van der Waals surface area (Å²) in [4.78, 5) is 0. The van der Waals surface area contributed by atoms with Gasteiger partial charge < -0.3 is 0 Å². The molecule has 0 bridgehead atoms. The van der Waals surface area contributed by atoms with Crippen LogP contribution in [0.4, 0.5) is 0 Å². The maximum absolute atomic E-state index is 6.01. The van der Waals surface area contributed by atoms with Gasteiger partial charge >= 0.3 is 0 Å². The van der Waals surface area contributed by atoms with E-state index < -0.39 is 0 Å². The van der Waals surface area contributed by atoms with Gasteiger partial charge in [0.1, 0.15) is 0 Å². The molecule has 17 heavy (non-hydrogen) atoms. The topological polar surface area (TPSA) is 38.0 Å². The van der Waals surface area contributed by atoms with E-state index in [0.29, 0.717) is 10.0 Å². The van der Waals surface area contributed by atoms with E-state index in [0.717, 1.165) is 18.4 Å². The van der Waals surface area contributed by atoms with Crippen molar-refractivity contribution in [2.45, 2.75) is 39.7 Å². The van der Waals surface area contributed by atoms with Gasteiger partial charge in [0.25, 0.3) is 0 Å². The molecule has 4 heteroatoms. The third-order valence-corrected chi connectivity index (χ3v) is 4.22. The number of nitrogens with two attached hydrogens (primary N) is 1. The molecule has 0 aliphatic heterocycles. The predicted octanol–water partition coefficient (Wildman–Crippen LogP) is 3.80. The molecule has 0 amide bonds. The fraction of sp³-hybridized carbons (Fsp3) is 0.538. The molecule has 0 saturated heterocycles. The van der Waals surface area contributed by atoms with Crippen LogP contribution in [0.5, 0.6) is 0 Å². The zero-order chi connectivity index (χ0) is 13.1. The van der Waals surface area contributed by atoms with Crippen molar-refractivity contribution in [1.82, 2.24) is 5.43 Å². The number of benzene rings is 1. The Balaban J connectivity index is 2.84. The molecule has 2 nitrogen and oxygen atoms in total. The molecule has 0 saturated carbocycles. The average Bonchev–Trinajstić information content (AvgIpc) is 2.30. The van der Waals surface area contributed by atoms with Gasteiger partial charge in [0.15, 0.2) is 0 Å². The number of hydrogen-bond acceptors (Lipinski definition) is 2. The molecule has 1 unspecified atom stereocenters. The molecular weight excluding hydrogens is 255 g/mol. The summed E-state index contributed by atoms with van der Waals surface area (Å²) in [6, 6.07) is 5.93. The molecule has 0 fully saturated rings. The van der Waals surface area contributed by atoms with Gasteiger partial charge in [0.05, 0.1) is 10.0 Å². The summed E-state index contributed by atoms with van der Waals surface area (Å²) in [7, 11) is 0. The highest BCUT2D eigenvalue weighted by atomic mass is 35.5. The van der Waals surface area contributed by atoms with Gasteiger partial charge in [-0.25, -0.2) is 0 Å². The molecule has 1 rings (SSSR count). The van der Waals surface area contributed by atoms with E-state index >= 15 is 0 Å². The summed E-state index contributed by atoms with van der Waals surface area (Å²) in [5.74, 6) is 5.64. The van der Waals surface area contributed by atoms with Gasteiger partial charge in [-0.05, 0) is 36.0 Å². The Kier molecular flexibility index (Phi) is 5.26. The van der Waals surface area contributed by atoms with Crippen LogP contribution in [0, 0.1) is 5.41 Å². The van der Waals surface area contributed by atoms with Gasteiger partial charge in [-0.3, -0.25) is 11.3 Å². The van der Waals surface area contributed by atoms with E-state index in [1.807, 2.05) is 18.2 Å². The first-order chi connectivity index (χ1) is 7.90. The highest BCUT2D eigenvalue weighted by molar-refractivity contribution is 6.42. The lowest BCUT2D eigenvalue weighted by atomic mass is 9.79. The zero-order valence-electron chi connectivity index (χ0n) is 10.6. The predicted molar refractivity (Wildman–Crippen MR) is 75.3 cm³/mol. The van der Waals surface area contributed by atoms with E-state index in [2.05, 4.69) is 26.2 Å². The normalized spacial score (nSPS) is 13.8. The Labute approximate surface area is 113 Å². The maximum Gasteiger partial charge on any atom is 0.0595 e. The molecule has 0 aromatic heterocycles. The van der Waals surface area contributed by atoms with Crippen molar-refractivity contribution < 1.29 is 0 Å². The Bertz CT molecular complexity index is 378. The highest BCUT2D eigenvalue weighted by Gasteiger charge is 2.26. The van der Waals surface area contributed by atoms with Crippen molar-refractivity contribution in [2.75, 3.05) is 0 Å². The Morgan fingerprint density at radius 1 is 1.29 bits per heavy atom. The summed E-state index contributed by atoms with van der Waals surface area (Å²) < 4.78 is 0. The molecule has 1 atom stereocenters. The Morgan fingerprint density at radius 3 is 2.41 bits per heavy atom. The summed E-state index contributed by atoms with van der Waals surface area (Å²) >= 11 is 11.9. The molecular formula is C13H20Cl2N2. The quantitative estimate of drug-likeness (QED) is 0.633. The fourth-order valence-electron chi connectivity index (χ4n) is 1.71. The molecule has 1 aromatic rings. The van der Waals surface area contributed by atoms with Crippen molar-refractivity contribution in [3.63, 3.8) is 0 Å².